The van der Waals surface area contributed by atoms with E-state index in [1.165, 1.54) is 12.1 Å². The Morgan fingerprint density at radius 1 is 1.23 bits per heavy atom. The molecule has 0 aliphatic heterocycles. The number of hydrogen-bond acceptors (Lipinski definition) is 2. The Labute approximate surface area is 74.4 Å². The highest BCUT2D eigenvalue weighted by molar-refractivity contribution is 5.98. The molecule has 1 aromatic carbocycles. The Morgan fingerprint density at radius 2 is 1.85 bits per heavy atom. The van der Waals surface area contributed by atoms with E-state index in [1.54, 1.807) is 12.1 Å². The van der Waals surface area contributed by atoms with Gasteiger partial charge in [-0.05, 0) is 11.6 Å². The molecule has 0 unspecified atom stereocenters. The van der Waals surface area contributed by atoms with Gasteiger partial charge in [0.05, 0.1) is 0 Å². The molecule has 0 atom stereocenters. The summed E-state index contributed by atoms with van der Waals surface area (Å²) >= 11 is 0. The fraction of sp³-hybridized carbons (Fsp3) is 0.111. The zero-order valence-electron chi connectivity index (χ0n) is 6.60. The Morgan fingerprint density at radius 3 is 2.23 bits per heavy atom. The zero-order valence-corrected chi connectivity index (χ0v) is 6.60. The normalized spacial score (nSPS) is 9.92. The molecular weight excluding hydrogens is 172 g/mol. The molecule has 0 fully saturated rings. The molecule has 13 heavy (non-hydrogen) atoms. The number of carboxylic acids is 2. The summed E-state index contributed by atoms with van der Waals surface area (Å²) in [6.45, 7) is 0. The van der Waals surface area contributed by atoms with Gasteiger partial charge in [-0.1, -0.05) is 24.3 Å². The molecule has 1 aromatic rings. The summed E-state index contributed by atoms with van der Waals surface area (Å²) in [4.78, 5) is 21.1. The highest BCUT2D eigenvalue weighted by Crippen LogP contribution is 2.14. The van der Waals surface area contributed by atoms with Gasteiger partial charge in [-0.15, -0.1) is 0 Å². The van der Waals surface area contributed by atoms with Crippen LogP contribution in [-0.2, 0) is 9.59 Å². The average molecular weight is 179 g/mol. The molecule has 4 heteroatoms. The SMILES string of the molecule is O=C(O)C(C(=O)O)c1[c]cccc1. The number of hydrogen-bond donors (Lipinski definition) is 2. The van der Waals surface area contributed by atoms with Gasteiger partial charge in [-0.3, -0.25) is 9.59 Å². The molecule has 0 spiro atoms. The highest BCUT2D eigenvalue weighted by Gasteiger charge is 2.27. The Bertz CT molecular complexity index is 304. The first-order valence-corrected chi connectivity index (χ1v) is 3.55. The molecular formula is C9H7O4. The highest BCUT2D eigenvalue weighted by atomic mass is 16.4. The van der Waals surface area contributed by atoms with Gasteiger partial charge in [-0.25, -0.2) is 0 Å². The molecule has 1 rings (SSSR count). The third kappa shape index (κ3) is 2.05. The number of carboxylic acid groups (broad SMARTS) is 2. The third-order valence-corrected chi connectivity index (χ3v) is 1.54. The van der Waals surface area contributed by atoms with Crippen molar-refractivity contribution in [2.24, 2.45) is 0 Å². The van der Waals surface area contributed by atoms with Crippen molar-refractivity contribution in [2.75, 3.05) is 0 Å². The van der Waals surface area contributed by atoms with E-state index in [0.717, 1.165) is 0 Å². The second-order valence-corrected chi connectivity index (χ2v) is 2.43. The molecule has 2 N–H and O–H groups in total. The van der Waals surface area contributed by atoms with Crippen LogP contribution in [0.4, 0.5) is 0 Å². The number of rotatable bonds is 3. The van der Waals surface area contributed by atoms with Gasteiger partial charge in [0.15, 0.2) is 5.92 Å². The first kappa shape index (κ1) is 9.25. The molecule has 0 amide bonds. The minimum Gasteiger partial charge on any atom is -0.480 e. The molecule has 4 nitrogen and oxygen atoms in total. The van der Waals surface area contributed by atoms with E-state index in [-0.39, 0.29) is 5.56 Å². The van der Waals surface area contributed by atoms with E-state index >= 15 is 0 Å². The Kier molecular flexibility index (Phi) is 2.64. The van der Waals surface area contributed by atoms with Gasteiger partial charge in [0.25, 0.3) is 0 Å². The largest absolute Gasteiger partial charge is 0.480 e. The van der Waals surface area contributed by atoms with Crippen LogP contribution in [0.25, 0.3) is 0 Å². The summed E-state index contributed by atoms with van der Waals surface area (Å²) in [5, 5.41) is 17.2. The van der Waals surface area contributed by atoms with Crippen LogP contribution in [0, 0.1) is 6.07 Å². The standard InChI is InChI=1S/C9H7O4/c10-8(11)7(9(12)13)6-4-2-1-3-5-6/h1-4,7H,(H,10,11)(H,12,13). The van der Waals surface area contributed by atoms with E-state index in [4.69, 9.17) is 10.2 Å². The smallest absolute Gasteiger partial charge is 0.322 e. The van der Waals surface area contributed by atoms with Crippen LogP contribution in [0.1, 0.15) is 11.5 Å². The topological polar surface area (TPSA) is 74.6 Å². The Hall–Kier alpha value is -1.84. The summed E-state index contributed by atoms with van der Waals surface area (Å²) in [7, 11) is 0. The van der Waals surface area contributed by atoms with Crippen LogP contribution in [-0.4, -0.2) is 22.2 Å². The van der Waals surface area contributed by atoms with E-state index in [9.17, 15) is 9.59 Å². The van der Waals surface area contributed by atoms with Crippen LogP contribution < -0.4 is 0 Å². The fourth-order valence-corrected chi connectivity index (χ4v) is 0.958. The first-order valence-electron chi connectivity index (χ1n) is 3.55. The van der Waals surface area contributed by atoms with E-state index in [0.29, 0.717) is 0 Å². The molecule has 0 aliphatic rings. The first-order chi connectivity index (χ1) is 6.13. The average Bonchev–Trinajstić information content (AvgIpc) is 2.04. The maximum atomic E-state index is 10.5. The zero-order chi connectivity index (χ0) is 9.84. The Balaban J connectivity index is 3.03. The molecule has 0 aromatic heterocycles. The summed E-state index contributed by atoms with van der Waals surface area (Å²) in [6.07, 6.45) is 0. The molecule has 1 radical (unpaired) electrons. The van der Waals surface area contributed by atoms with Crippen LogP contribution in [0.15, 0.2) is 24.3 Å². The molecule has 0 saturated heterocycles. The summed E-state index contributed by atoms with van der Waals surface area (Å²) in [5.41, 5.74) is 0.155. The van der Waals surface area contributed by atoms with Crippen LogP contribution in [0.5, 0.6) is 0 Å². The molecule has 0 saturated carbocycles. The molecule has 0 bridgehead atoms. The van der Waals surface area contributed by atoms with Crippen molar-refractivity contribution in [3.8, 4) is 0 Å². The lowest BCUT2D eigenvalue weighted by Gasteiger charge is -2.05. The third-order valence-electron chi connectivity index (χ3n) is 1.54. The van der Waals surface area contributed by atoms with Crippen molar-refractivity contribution in [1.82, 2.24) is 0 Å². The lowest BCUT2D eigenvalue weighted by molar-refractivity contribution is -0.150. The monoisotopic (exact) mass is 179 g/mol. The van der Waals surface area contributed by atoms with Gasteiger partial charge in [0.1, 0.15) is 0 Å². The van der Waals surface area contributed by atoms with Gasteiger partial charge >= 0.3 is 11.9 Å². The maximum Gasteiger partial charge on any atom is 0.322 e. The minimum absolute atomic E-state index is 0.155. The second-order valence-electron chi connectivity index (χ2n) is 2.43. The van der Waals surface area contributed by atoms with Crippen molar-refractivity contribution in [1.29, 1.82) is 0 Å². The van der Waals surface area contributed by atoms with Crippen LogP contribution in [0.2, 0.25) is 0 Å². The van der Waals surface area contributed by atoms with E-state index in [1.807, 2.05) is 0 Å². The molecule has 0 heterocycles. The van der Waals surface area contributed by atoms with Crippen molar-refractivity contribution < 1.29 is 19.8 Å². The molecule has 67 valence electrons. The summed E-state index contributed by atoms with van der Waals surface area (Å²) in [6, 6.07) is 8.69. The summed E-state index contributed by atoms with van der Waals surface area (Å²) < 4.78 is 0. The fourth-order valence-electron chi connectivity index (χ4n) is 0.958. The van der Waals surface area contributed by atoms with Gasteiger partial charge in [0, 0.05) is 0 Å². The van der Waals surface area contributed by atoms with Crippen molar-refractivity contribution in [3.05, 3.63) is 35.9 Å². The van der Waals surface area contributed by atoms with Crippen LogP contribution >= 0.6 is 0 Å². The van der Waals surface area contributed by atoms with E-state index in [2.05, 4.69) is 6.07 Å². The van der Waals surface area contributed by atoms with Crippen LogP contribution in [0.3, 0.4) is 0 Å². The molecule has 0 aliphatic carbocycles. The van der Waals surface area contributed by atoms with Crippen molar-refractivity contribution in [2.45, 2.75) is 5.92 Å². The van der Waals surface area contributed by atoms with Crippen molar-refractivity contribution >= 4 is 11.9 Å². The predicted molar refractivity (Wildman–Crippen MR) is 43.3 cm³/mol. The second kappa shape index (κ2) is 3.71. The quantitative estimate of drug-likeness (QED) is 0.671. The predicted octanol–water partition coefficient (Wildman–Crippen LogP) is 0.740. The number of benzene rings is 1. The number of aliphatic carboxylic acids is 2. The maximum absolute atomic E-state index is 10.5. The van der Waals surface area contributed by atoms with Gasteiger partial charge in [0.2, 0.25) is 0 Å². The number of carbonyl (C=O) groups is 2. The lowest BCUT2D eigenvalue weighted by atomic mass is 10.00. The summed E-state index contributed by atoms with van der Waals surface area (Å²) in [5.74, 6) is -4.29. The van der Waals surface area contributed by atoms with Gasteiger partial charge in [-0.2, -0.15) is 0 Å². The van der Waals surface area contributed by atoms with Gasteiger partial charge < -0.3 is 10.2 Å². The lowest BCUT2D eigenvalue weighted by Crippen LogP contribution is -2.20. The van der Waals surface area contributed by atoms with E-state index < -0.39 is 17.9 Å². The minimum atomic E-state index is -1.53. The van der Waals surface area contributed by atoms with Crippen molar-refractivity contribution in [3.63, 3.8) is 0 Å².